The van der Waals surface area contributed by atoms with Crippen LogP contribution in [0.15, 0.2) is 34.6 Å². The van der Waals surface area contributed by atoms with E-state index in [2.05, 4.69) is 15.3 Å². The van der Waals surface area contributed by atoms with Gasteiger partial charge < -0.3 is 15.1 Å². The van der Waals surface area contributed by atoms with Crippen LogP contribution in [-0.4, -0.2) is 49.1 Å². The maximum absolute atomic E-state index is 13.9. The zero-order chi connectivity index (χ0) is 19.4. The van der Waals surface area contributed by atoms with Crippen molar-refractivity contribution >= 4 is 47.0 Å². The van der Waals surface area contributed by atoms with Crippen LogP contribution in [0, 0.1) is 5.82 Å². The van der Waals surface area contributed by atoms with Crippen molar-refractivity contribution in [2.45, 2.75) is 12.7 Å². The molecule has 11 heteroatoms. The number of anilines is 1. The maximum atomic E-state index is 13.9. The van der Waals surface area contributed by atoms with E-state index in [1.54, 1.807) is 25.2 Å². The minimum Gasteiger partial charge on any atom is -0.366 e. The molecule has 0 saturated carbocycles. The molecular weight excluding hydrogens is 509 g/mol. The molecule has 28 heavy (non-hydrogen) atoms. The van der Waals surface area contributed by atoms with Crippen molar-refractivity contribution in [3.63, 3.8) is 0 Å². The number of nitrogens with zero attached hydrogens (tertiary/aromatic N) is 4. The van der Waals surface area contributed by atoms with Gasteiger partial charge in [0, 0.05) is 38.6 Å². The molecule has 1 saturated heterocycles. The topological polar surface area (TPSA) is 43.8 Å². The third-order valence-corrected chi connectivity index (χ3v) is 5.07. The molecule has 0 unspecified atom stereocenters. The first-order chi connectivity index (χ1) is 12.9. The lowest BCUT2D eigenvalue weighted by Gasteiger charge is -2.37. The van der Waals surface area contributed by atoms with E-state index >= 15 is 0 Å². The number of hydrogen-bond acceptors (Lipinski definition) is 4. The largest absolute Gasteiger partial charge is 0.434 e. The average Bonchev–Trinajstić information content (AvgIpc) is 3.13. The number of aromatic nitrogens is 1. The van der Waals surface area contributed by atoms with Crippen LogP contribution < -0.4 is 10.2 Å². The lowest BCUT2D eigenvalue weighted by Crippen LogP contribution is -2.52. The summed E-state index contributed by atoms with van der Waals surface area (Å²) in [5.74, 6) is 0.338. The van der Waals surface area contributed by atoms with E-state index in [-0.39, 0.29) is 36.3 Å². The third-order valence-electron chi connectivity index (χ3n) is 4.22. The Balaban J connectivity index is 0.00000280. The smallest absolute Gasteiger partial charge is 0.366 e. The molecule has 0 spiro atoms. The number of halogens is 5. The van der Waals surface area contributed by atoms with Crippen molar-refractivity contribution in [1.29, 1.82) is 0 Å². The van der Waals surface area contributed by atoms with Crippen molar-refractivity contribution in [2.75, 3.05) is 38.1 Å². The molecule has 2 aromatic rings. The number of thiazole rings is 1. The van der Waals surface area contributed by atoms with Crippen molar-refractivity contribution in [3.05, 3.63) is 46.2 Å². The van der Waals surface area contributed by atoms with Crippen molar-refractivity contribution in [2.24, 2.45) is 4.99 Å². The molecule has 0 aliphatic carbocycles. The first kappa shape index (κ1) is 22.7. The first-order valence-electron chi connectivity index (χ1n) is 8.35. The molecular formula is C17H20F4IN5S. The molecule has 3 rings (SSSR count). The molecule has 0 atom stereocenters. The number of piperazine rings is 1. The fraction of sp³-hybridized carbons (Fsp3) is 0.412. The Hall–Kier alpha value is -1.63. The number of nitrogens with one attached hydrogen (secondary N) is 1. The van der Waals surface area contributed by atoms with Crippen LogP contribution in [-0.2, 0) is 12.7 Å². The quantitative estimate of drug-likeness (QED) is 0.285. The number of alkyl halides is 3. The second-order valence-corrected chi connectivity index (χ2v) is 6.89. The highest BCUT2D eigenvalue weighted by Gasteiger charge is 2.33. The second-order valence-electron chi connectivity index (χ2n) is 5.95. The van der Waals surface area contributed by atoms with Gasteiger partial charge in [0.15, 0.2) is 11.7 Å². The second kappa shape index (κ2) is 9.72. The standard InChI is InChI=1S/C17H19F4N5S.HI/c1-22-16(23-10-15-24-14(11-27-15)17(19,20)21)26-8-6-25(7-9-26)13-5-3-2-4-12(13)18;/h2-5,11H,6-10H2,1H3,(H,22,23);1H. The molecule has 1 N–H and O–H groups in total. The Morgan fingerprint density at radius 1 is 1.21 bits per heavy atom. The van der Waals surface area contributed by atoms with E-state index in [1.807, 2.05) is 9.80 Å². The van der Waals surface area contributed by atoms with Gasteiger partial charge in [-0.1, -0.05) is 12.1 Å². The van der Waals surface area contributed by atoms with Gasteiger partial charge in [0.1, 0.15) is 10.8 Å². The fourth-order valence-corrected chi connectivity index (χ4v) is 3.62. The third kappa shape index (κ3) is 5.46. The number of para-hydroxylation sites is 1. The molecule has 1 aliphatic rings. The molecule has 1 aromatic heterocycles. The molecule has 0 radical (unpaired) electrons. The van der Waals surface area contributed by atoms with Gasteiger partial charge in [0.2, 0.25) is 0 Å². The van der Waals surface area contributed by atoms with Crippen LogP contribution in [0.1, 0.15) is 10.7 Å². The summed E-state index contributed by atoms with van der Waals surface area (Å²) in [6, 6.07) is 6.64. The highest BCUT2D eigenvalue weighted by atomic mass is 127. The van der Waals surface area contributed by atoms with Crippen LogP contribution in [0.3, 0.4) is 0 Å². The molecule has 0 amide bonds. The van der Waals surface area contributed by atoms with Crippen molar-refractivity contribution in [3.8, 4) is 0 Å². The predicted octanol–water partition coefficient (Wildman–Crippen LogP) is 3.82. The molecule has 1 aliphatic heterocycles. The van der Waals surface area contributed by atoms with E-state index in [4.69, 9.17) is 0 Å². The van der Waals surface area contributed by atoms with Gasteiger partial charge in [0.05, 0.1) is 12.2 Å². The van der Waals surface area contributed by atoms with Gasteiger partial charge in [-0.25, -0.2) is 9.37 Å². The Bertz CT molecular complexity index is 803. The normalized spacial score (nSPS) is 15.4. The van der Waals surface area contributed by atoms with Crippen molar-refractivity contribution < 1.29 is 17.6 Å². The van der Waals surface area contributed by atoms with Crippen LogP contribution >= 0.6 is 35.3 Å². The van der Waals surface area contributed by atoms with Gasteiger partial charge in [-0.15, -0.1) is 35.3 Å². The van der Waals surface area contributed by atoms with Gasteiger partial charge >= 0.3 is 6.18 Å². The number of aliphatic imine (C=N–C) groups is 1. The molecule has 1 fully saturated rings. The average molecular weight is 529 g/mol. The first-order valence-corrected chi connectivity index (χ1v) is 9.23. The molecule has 0 bridgehead atoms. The van der Waals surface area contributed by atoms with Gasteiger partial charge in [-0.05, 0) is 12.1 Å². The Kier molecular flexibility index (Phi) is 7.87. The summed E-state index contributed by atoms with van der Waals surface area (Å²) in [7, 11) is 1.62. The fourth-order valence-electron chi connectivity index (χ4n) is 2.88. The number of hydrogen-bond donors (Lipinski definition) is 1. The van der Waals surface area contributed by atoms with E-state index < -0.39 is 11.9 Å². The Labute approximate surface area is 181 Å². The molecule has 5 nitrogen and oxygen atoms in total. The summed E-state index contributed by atoms with van der Waals surface area (Å²) in [5, 5.41) is 4.40. The number of benzene rings is 1. The number of rotatable bonds is 3. The summed E-state index contributed by atoms with van der Waals surface area (Å²) < 4.78 is 51.8. The van der Waals surface area contributed by atoms with E-state index in [0.29, 0.717) is 42.8 Å². The molecule has 154 valence electrons. The van der Waals surface area contributed by atoms with Crippen LogP contribution in [0.5, 0.6) is 0 Å². The van der Waals surface area contributed by atoms with Crippen LogP contribution in [0.25, 0.3) is 0 Å². The van der Waals surface area contributed by atoms with Gasteiger partial charge in [0.25, 0.3) is 0 Å². The van der Waals surface area contributed by atoms with Crippen LogP contribution in [0.4, 0.5) is 23.2 Å². The van der Waals surface area contributed by atoms with Crippen molar-refractivity contribution in [1.82, 2.24) is 15.2 Å². The van der Waals surface area contributed by atoms with E-state index in [0.717, 1.165) is 16.7 Å². The van der Waals surface area contributed by atoms with E-state index in [1.165, 1.54) is 6.07 Å². The Morgan fingerprint density at radius 2 is 1.89 bits per heavy atom. The lowest BCUT2D eigenvalue weighted by molar-refractivity contribution is -0.140. The minimum atomic E-state index is -4.43. The predicted molar refractivity (Wildman–Crippen MR) is 113 cm³/mol. The summed E-state index contributed by atoms with van der Waals surface area (Å²) in [5.41, 5.74) is -0.305. The highest BCUT2D eigenvalue weighted by Crippen LogP contribution is 2.30. The van der Waals surface area contributed by atoms with Crippen LogP contribution in [0.2, 0.25) is 0 Å². The summed E-state index contributed by atoms with van der Waals surface area (Å²) in [6.07, 6.45) is -4.43. The van der Waals surface area contributed by atoms with Gasteiger partial charge in [-0.2, -0.15) is 13.2 Å². The summed E-state index contributed by atoms with van der Waals surface area (Å²) in [6.45, 7) is 2.66. The monoisotopic (exact) mass is 529 g/mol. The summed E-state index contributed by atoms with van der Waals surface area (Å²) >= 11 is 0.958. The summed E-state index contributed by atoms with van der Waals surface area (Å²) in [4.78, 5) is 11.8. The molecule has 1 aromatic carbocycles. The zero-order valence-corrected chi connectivity index (χ0v) is 18.2. The molecule has 2 heterocycles. The lowest BCUT2D eigenvalue weighted by atomic mass is 10.2. The van der Waals surface area contributed by atoms with Gasteiger partial charge in [-0.3, -0.25) is 4.99 Å². The minimum absolute atomic E-state index is 0. The Morgan fingerprint density at radius 3 is 2.46 bits per heavy atom. The maximum Gasteiger partial charge on any atom is 0.434 e. The van der Waals surface area contributed by atoms with E-state index in [9.17, 15) is 17.6 Å². The SMILES string of the molecule is CN=C(NCc1nc(C(F)(F)F)cs1)N1CCN(c2ccccc2F)CC1.I. The highest BCUT2D eigenvalue weighted by molar-refractivity contribution is 14.0. The zero-order valence-electron chi connectivity index (χ0n) is 15.0. The number of guanidine groups is 1.